The fraction of sp³-hybridized carbons (Fsp3) is 0.188. The van der Waals surface area contributed by atoms with Gasteiger partial charge in [-0.15, -0.1) is 0 Å². The van der Waals surface area contributed by atoms with Crippen LogP contribution in [0.2, 0.25) is 5.02 Å². The minimum Gasteiger partial charge on any atom is -0.424 e. The highest BCUT2D eigenvalue weighted by molar-refractivity contribution is 6.30. The molecule has 0 aliphatic carbocycles. The first-order valence-corrected chi connectivity index (χ1v) is 7.00. The van der Waals surface area contributed by atoms with Gasteiger partial charge >= 0.3 is 0 Å². The first-order chi connectivity index (χ1) is 10.0. The second-order valence-electron chi connectivity index (χ2n) is 5.12. The molecule has 2 N–H and O–H groups in total. The number of aliphatic hydroxyl groups is 1. The van der Waals surface area contributed by atoms with Crippen LogP contribution < -0.4 is 5.32 Å². The highest BCUT2D eigenvalue weighted by atomic mass is 35.5. The van der Waals surface area contributed by atoms with Crippen LogP contribution in [-0.4, -0.2) is 16.6 Å². The summed E-state index contributed by atoms with van der Waals surface area (Å²) in [5.74, 6) is 0. The maximum Gasteiger partial charge on any atom is 0.295 e. The Balaban J connectivity index is 1.76. The fourth-order valence-corrected chi connectivity index (χ4v) is 2.31. The molecule has 0 aliphatic rings. The van der Waals surface area contributed by atoms with Crippen LogP contribution in [0, 0.1) is 0 Å². The summed E-state index contributed by atoms with van der Waals surface area (Å²) in [6.07, 6.45) is 0. The van der Waals surface area contributed by atoms with Crippen LogP contribution in [0.15, 0.2) is 52.9 Å². The van der Waals surface area contributed by atoms with Gasteiger partial charge in [0.05, 0.1) is 6.54 Å². The number of aromatic nitrogens is 1. The summed E-state index contributed by atoms with van der Waals surface area (Å²) in [6.45, 7) is 1.98. The highest BCUT2D eigenvalue weighted by Gasteiger charge is 2.24. The van der Waals surface area contributed by atoms with Gasteiger partial charge in [-0.1, -0.05) is 35.9 Å². The van der Waals surface area contributed by atoms with E-state index in [1.165, 1.54) is 0 Å². The molecule has 1 unspecified atom stereocenters. The molecular formula is C16H15ClN2O2. The molecule has 1 aromatic heterocycles. The quantitative estimate of drug-likeness (QED) is 0.769. The van der Waals surface area contributed by atoms with Crippen molar-refractivity contribution in [2.24, 2.45) is 0 Å². The Morgan fingerprint density at radius 1 is 1.24 bits per heavy atom. The summed E-state index contributed by atoms with van der Waals surface area (Å²) in [5.41, 5.74) is 1.15. The van der Waals surface area contributed by atoms with Gasteiger partial charge in [0.25, 0.3) is 6.01 Å². The first-order valence-electron chi connectivity index (χ1n) is 6.62. The lowest BCUT2D eigenvalue weighted by molar-refractivity contribution is 0.0710. The number of hydrogen-bond donors (Lipinski definition) is 2. The Bertz CT molecular complexity index is 735. The van der Waals surface area contributed by atoms with E-state index in [1.807, 2.05) is 36.4 Å². The van der Waals surface area contributed by atoms with Crippen LogP contribution in [0.1, 0.15) is 12.5 Å². The first kappa shape index (κ1) is 13.9. The third-order valence-corrected chi connectivity index (χ3v) is 3.56. The van der Waals surface area contributed by atoms with E-state index in [-0.39, 0.29) is 6.54 Å². The van der Waals surface area contributed by atoms with Gasteiger partial charge in [0.15, 0.2) is 5.58 Å². The van der Waals surface area contributed by atoms with Crippen molar-refractivity contribution in [3.8, 4) is 0 Å². The van der Waals surface area contributed by atoms with E-state index >= 15 is 0 Å². The summed E-state index contributed by atoms with van der Waals surface area (Å²) in [4.78, 5) is 4.31. The van der Waals surface area contributed by atoms with Crippen molar-refractivity contribution in [1.82, 2.24) is 4.98 Å². The third-order valence-electron chi connectivity index (χ3n) is 3.32. The van der Waals surface area contributed by atoms with Gasteiger partial charge in [0.2, 0.25) is 0 Å². The van der Waals surface area contributed by atoms with Gasteiger partial charge in [-0.3, -0.25) is 0 Å². The highest BCUT2D eigenvalue weighted by Crippen LogP contribution is 2.25. The molecule has 21 heavy (non-hydrogen) atoms. The summed E-state index contributed by atoms with van der Waals surface area (Å²) in [7, 11) is 0. The Hall–Kier alpha value is -2.04. The van der Waals surface area contributed by atoms with Crippen LogP contribution in [0.25, 0.3) is 11.1 Å². The van der Waals surface area contributed by atoms with Crippen LogP contribution in [0.4, 0.5) is 6.01 Å². The van der Waals surface area contributed by atoms with Crippen molar-refractivity contribution < 1.29 is 9.52 Å². The van der Waals surface area contributed by atoms with Crippen molar-refractivity contribution in [3.63, 3.8) is 0 Å². The number of halogens is 1. The lowest BCUT2D eigenvalue weighted by Crippen LogP contribution is -2.30. The van der Waals surface area contributed by atoms with Crippen molar-refractivity contribution >= 4 is 28.7 Å². The van der Waals surface area contributed by atoms with Crippen molar-refractivity contribution in [1.29, 1.82) is 0 Å². The summed E-state index contributed by atoms with van der Waals surface area (Å²) < 4.78 is 5.56. The molecule has 1 heterocycles. The lowest BCUT2D eigenvalue weighted by Gasteiger charge is -2.23. The molecule has 0 radical (unpaired) electrons. The molecule has 0 spiro atoms. The minimum absolute atomic E-state index is 0.264. The van der Waals surface area contributed by atoms with E-state index < -0.39 is 5.60 Å². The SMILES string of the molecule is CC(O)(CNc1nc2ccccc2o1)c1cccc(Cl)c1. The Labute approximate surface area is 127 Å². The molecule has 0 saturated carbocycles. The number of nitrogens with one attached hydrogen (secondary N) is 1. The van der Waals surface area contributed by atoms with Gasteiger partial charge < -0.3 is 14.8 Å². The molecule has 2 aromatic carbocycles. The second kappa shape index (κ2) is 5.39. The summed E-state index contributed by atoms with van der Waals surface area (Å²) in [5, 5.41) is 14.2. The second-order valence-corrected chi connectivity index (χ2v) is 5.56. The molecule has 0 saturated heterocycles. The number of anilines is 1. The van der Waals surface area contributed by atoms with Crippen molar-refractivity contribution in [2.75, 3.05) is 11.9 Å². The molecule has 108 valence electrons. The van der Waals surface area contributed by atoms with Gasteiger partial charge in [-0.2, -0.15) is 4.98 Å². The summed E-state index contributed by atoms with van der Waals surface area (Å²) >= 11 is 5.96. The number of para-hydroxylation sites is 2. The zero-order valence-corrected chi connectivity index (χ0v) is 12.3. The van der Waals surface area contributed by atoms with Crippen LogP contribution in [0.3, 0.4) is 0 Å². The van der Waals surface area contributed by atoms with Gasteiger partial charge in [0, 0.05) is 5.02 Å². The standard InChI is InChI=1S/C16H15ClN2O2/c1-16(20,11-5-4-6-12(17)9-11)10-18-15-19-13-7-2-3-8-14(13)21-15/h2-9,20H,10H2,1H3,(H,18,19). The zero-order valence-electron chi connectivity index (χ0n) is 11.5. The van der Waals surface area contributed by atoms with E-state index in [1.54, 1.807) is 19.1 Å². The summed E-state index contributed by atoms with van der Waals surface area (Å²) in [6, 6.07) is 15.1. The molecule has 5 heteroatoms. The topological polar surface area (TPSA) is 58.3 Å². The van der Waals surface area contributed by atoms with Crippen LogP contribution in [0.5, 0.6) is 0 Å². The fourth-order valence-electron chi connectivity index (χ4n) is 2.12. The van der Waals surface area contributed by atoms with E-state index in [0.717, 1.165) is 11.1 Å². The number of oxazole rings is 1. The number of nitrogens with zero attached hydrogens (tertiary/aromatic N) is 1. The molecule has 1 atom stereocenters. The normalized spacial score (nSPS) is 14.0. The molecule has 0 aliphatic heterocycles. The maximum atomic E-state index is 10.6. The van der Waals surface area contributed by atoms with E-state index in [9.17, 15) is 5.11 Å². The smallest absolute Gasteiger partial charge is 0.295 e. The van der Waals surface area contributed by atoms with Crippen molar-refractivity contribution in [2.45, 2.75) is 12.5 Å². The number of fused-ring (bicyclic) bond motifs is 1. The molecule has 3 aromatic rings. The molecule has 0 bridgehead atoms. The van der Waals surface area contributed by atoms with E-state index in [2.05, 4.69) is 10.3 Å². The Morgan fingerprint density at radius 3 is 2.81 bits per heavy atom. The van der Waals surface area contributed by atoms with E-state index in [4.69, 9.17) is 16.0 Å². The molecule has 0 fully saturated rings. The van der Waals surface area contributed by atoms with Crippen LogP contribution in [-0.2, 0) is 5.60 Å². The van der Waals surface area contributed by atoms with Crippen LogP contribution >= 0.6 is 11.6 Å². The molecular weight excluding hydrogens is 288 g/mol. The predicted octanol–water partition coefficient (Wildman–Crippen LogP) is 3.80. The van der Waals surface area contributed by atoms with Crippen molar-refractivity contribution in [3.05, 3.63) is 59.1 Å². The Morgan fingerprint density at radius 2 is 2.05 bits per heavy atom. The average molecular weight is 303 g/mol. The zero-order chi connectivity index (χ0) is 14.9. The lowest BCUT2D eigenvalue weighted by atomic mass is 9.96. The largest absolute Gasteiger partial charge is 0.424 e. The van der Waals surface area contributed by atoms with Gasteiger partial charge in [0.1, 0.15) is 11.1 Å². The molecule has 3 rings (SSSR count). The average Bonchev–Trinajstić information content (AvgIpc) is 2.88. The predicted molar refractivity (Wildman–Crippen MR) is 83.5 cm³/mol. The van der Waals surface area contributed by atoms with E-state index in [0.29, 0.717) is 16.6 Å². The number of benzene rings is 2. The number of rotatable bonds is 4. The van der Waals surface area contributed by atoms with Gasteiger partial charge in [-0.05, 0) is 36.8 Å². The molecule has 0 amide bonds. The monoisotopic (exact) mass is 302 g/mol. The number of hydrogen-bond acceptors (Lipinski definition) is 4. The maximum absolute atomic E-state index is 10.6. The molecule has 4 nitrogen and oxygen atoms in total. The minimum atomic E-state index is -1.08. The Kier molecular flexibility index (Phi) is 3.57. The van der Waals surface area contributed by atoms with Gasteiger partial charge in [-0.25, -0.2) is 0 Å². The third kappa shape index (κ3) is 3.01.